The van der Waals surface area contributed by atoms with Crippen molar-refractivity contribution in [2.45, 2.75) is 12.8 Å². The molecule has 0 aliphatic carbocycles. The van der Waals surface area contributed by atoms with Gasteiger partial charge in [0.25, 0.3) is 0 Å². The molecule has 3 nitrogen and oxygen atoms in total. The van der Waals surface area contributed by atoms with Crippen LogP contribution >= 0.6 is 0 Å². The second kappa shape index (κ2) is 7.39. The van der Waals surface area contributed by atoms with Gasteiger partial charge in [-0.15, -0.1) is 0 Å². The SMILES string of the molecule is CC(C(=O)O)c1cccc(C(=O)c2ccccc2)c1.[H-].[Na+]. The molecule has 98 valence electrons. The van der Waals surface area contributed by atoms with Gasteiger partial charge in [-0.2, -0.15) is 0 Å². The summed E-state index contributed by atoms with van der Waals surface area (Å²) in [5.74, 6) is -1.62. The van der Waals surface area contributed by atoms with E-state index in [1.54, 1.807) is 55.5 Å². The number of carboxylic acid groups (broad SMARTS) is 1. The van der Waals surface area contributed by atoms with Gasteiger partial charge in [-0.25, -0.2) is 0 Å². The molecule has 0 saturated carbocycles. The molecule has 0 amide bonds. The monoisotopic (exact) mass is 278 g/mol. The summed E-state index contributed by atoms with van der Waals surface area (Å²) in [7, 11) is 0. The number of aliphatic carboxylic acids is 1. The molecule has 4 heteroatoms. The first-order chi connectivity index (χ1) is 9.09. The third-order valence-corrected chi connectivity index (χ3v) is 3.06. The standard InChI is InChI=1S/C16H14O3.Na.H/c1-11(16(18)19)13-8-5-9-14(10-13)15(17)12-6-3-2-4-7-12;;/h2-11H,1H3,(H,18,19);;/q;+1;-1. The molecule has 0 heterocycles. The van der Waals surface area contributed by atoms with E-state index in [1.807, 2.05) is 6.07 Å². The second-order valence-corrected chi connectivity index (χ2v) is 4.38. The maximum atomic E-state index is 12.2. The van der Waals surface area contributed by atoms with E-state index in [-0.39, 0.29) is 36.8 Å². The quantitative estimate of drug-likeness (QED) is 0.643. The topological polar surface area (TPSA) is 54.4 Å². The van der Waals surface area contributed by atoms with E-state index in [9.17, 15) is 9.59 Å². The number of carboxylic acids is 1. The van der Waals surface area contributed by atoms with Crippen molar-refractivity contribution in [1.29, 1.82) is 0 Å². The summed E-state index contributed by atoms with van der Waals surface area (Å²) >= 11 is 0. The van der Waals surface area contributed by atoms with Crippen LogP contribution in [0.25, 0.3) is 0 Å². The molecule has 2 aromatic rings. The molecule has 1 unspecified atom stereocenters. The number of carbonyl (C=O) groups excluding carboxylic acids is 1. The van der Waals surface area contributed by atoms with Crippen molar-refractivity contribution in [1.82, 2.24) is 0 Å². The fraction of sp³-hybridized carbons (Fsp3) is 0.125. The Morgan fingerprint density at radius 1 is 1.00 bits per heavy atom. The molecule has 20 heavy (non-hydrogen) atoms. The van der Waals surface area contributed by atoms with Gasteiger partial charge in [0.15, 0.2) is 5.78 Å². The number of benzene rings is 2. The third kappa shape index (κ3) is 3.79. The molecular formula is C16H15NaO3. The van der Waals surface area contributed by atoms with E-state index in [0.717, 1.165) is 0 Å². The molecule has 0 aromatic heterocycles. The van der Waals surface area contributed by atoms with Gasteiger partial charge in [0.2, 0.25) is 0 Å². The smallest absolute Gasteiger partial charge is 1.00 e. The molecule has 0 aliphatic rings. The zero-order valence-corrected chi connectivity index (χ0v) is 13.5. The Bertz CT molecular complexity index is 614. The molecule has 0 bridgehead atoms. The molecule has 2 rings (SSSR count). The van der Waals surface area contributed by atoms with E-state index < -0.39 is 11.9 Å². The normalized spacial score (nSPS) is 11.2. The largest absolute Gasteiger partial charge is 1.00 e. The number of carbonyl (C=O) groups is 2. The number of ketones is 1. The maximum Gasteiger partial charge on any atom is 1.00 e. The summed E-state index contributed by atoms with van der Waals surface area (Å²) in [5.41, 5.74) is 1.74. The fourth-order valence-electron chi connectivity index (χ4n) is 1.85. The minimum atomic E-state index is -0.899. The third-order valence-electron chi connectivity index (χ3n) is 3.06. The van der Waals surface area contributed by atoms with E-state index in [1.165, 1.54) is 0 Å². The summed E-state index contributed by atoms with van der Waals surface area (Å²) in [6.45, 7) is 1.61. The average Bonchev–Trinajstić information content (AvgIpc) is 2.46. The van der Waals surface area contributed by atoms with Gasteiger partial charge in [-0.1, -0.05) is 48.5 Å². The summed E-state index contributed by atoms with van der Waals surface area (Å²) in [4.78, 5) is 23.2. The number of rotatable bonds is 4. The van der Waals surface area contributed by atoms with Crippen LogP contribution in [0.4, 0.5) is 0 Å². The molecule has 0 fully saturated rings. The first-order valence-electron chi connectivity index (χ1n) is 6.02. The van der Waals surface area contributed by atoms with Gasteiger partial charge in [-0.05, 0) is 18.6 Å². The van der Waals surface area contributed by atoms with E-state index in [0.29, 0.717) is 16.7 Å². The fourth-order valence-corrected chi connectivity index (χ4v) is 1.85. The van der Waals surface area contributed by atoms with Gasteiger partial charge in [-0.3, -0.25) is 9.59 Å². The van der Waals surface area contributed by atoms with E-state index in [4.69, 9.17) is 5.11 Å². The van der Waals surface area contributed by atoms with E-state index >= 15 is 0 Å². The Morgan fingerprint density at radius 2 is 1.60 bits per heavy atom. The van der Waals surface area contributed by atoms with Crippen LogP contribution in [0.2, 0.25) is 0 Å². The molecule has 0 saturated heterocycles. The zero-order chi connectivity index (χ0) is 13.8. The molecule has 2 aromatic carbocycles. The Hall–Kier alpha value is -1.42. The Kier molecular flexibility index (Phi) is 6.14. The minimum Gasteiger partial charge on any atom is -1.00 e. The van der Waals surface area contributed by atoms with Crippen LogP contribution in [0.3, 0.4) is 0 Å². The van der Waals surface area contributed by atoms with Gasteiger partial charge < -0.3 is 6.53 Å². The van der Waals surface area contributed by atoms with Crippen LogP contribution in [0.15, 0.2) is 54.6 Å². The molecular weight excluding hydrogens is 263 g/mol. The van der Waals surface area contributed by atoms with Crippen LogP contribution in [0, 0.1) is 0 Å². The van der Waals surface area contributed by atoms with Crippen molar-refractivity contribution < 1.29 is 45.7 Å². The first-order valence-corrected chi connectivity index (χ1v) is 6.02. The van der Waals surface area contributed by atoms with Crippen molar-refractivity contribution in [3.63, 3.8) is 0 Å². The molecule has 1 N–H and O–H groups in total. The summed E-state index contributed by atoms with van der Waals surface area (Å²) < 4.78 is 0. The summed E-state index contributed by atoms with van der Waals surface area (Å²) in [6.07, 6.45) is 0. The Labute approximate surface area is 141 Å². The van der Waals surface area contributed by atoms with Crippen molar-refractivity contribution in [3.8, 4) is 0 Å². The van der Waals surface area contributed by atoms with Crippen LogP contribution in [-0.2, 0) is 4.79 Å². The summed E-state index contributed by atoms with van der Waals surface area (Å²) in [6, 6.07) is 15.7. The van der Waals surface area contributed by atoms with Gasteiger partial charge in [0.05, 0.1) is 5.92 Å². The van der Waals surface area contributed by atoms with E-state index in [2.05, 4.69) is 0 Å². The van der Waals surface area contributed by atoms with Crippen molar-refractivity contribution in [2.24, 2.45) is 0 Å². The molecule has 0 aliphatic heterocycles. The van der Waals surface area contributed by atoms with Crippen LogP contribution in [0.1, 0.15) is 35.8 Å². The maximum absolute atomic E-state index is 12.2. The first kappa shape index (κ1) is 16.6. The van der Waals surface area contributed by atoms with Crippen molar-refractivity contribution in [2.75, 3.05) is 0 Å². The summed E-state index contributed by atoms with van der Waals surface area (Å²) in [5, 5.41) is 9.00. The Morgan fingerprint density at radius 3 is 2.20 bits per heavy atom. The van der Waals surface area contributed by atoms with Crippen LogP contribution in [0.5, 0.6) is 0 Å². The number of hydrogen-bond acceptors (Lipinski definition) is 2. The van der Waals surface area contributed by atoms with Crippen LogP contribution < -0.4 is 29.6 Å². The Balaban J connectivity index is 0.00000200. The van der Waals surface area contributed by atoms with Crippen molar-refractivity contribution >= 4 is 11.8 Å². The minimum absolute atomic E-state index is 0. The van der Waals surface area contributed by atoms with Crippen LogP contribution in [-0.4, -0.2) is 16.9 Å². The molecule has 1 atom stereocenters. The predicted octanol–water partition coefficient (Wildman–Crippen LogP) is 0.222. The zero-order valence-electron chi connectivity index (χ0n) is 12.5. The van der Waals surface area contributed by atoms with Crippen molar-refractivity contribution in [3.05, 3.63) is 71.3 Å². The van der Waals surface area contributed by atoms with Gasteiger partial charge in [0.1, 0.15) is 0 Å². The molecule has 0 spiro atoms. The predicted molar refractivity (Wildman–Crippen MR) is 73.5 cm³/mol. The van der Waals surface area contributed by atoms with Gasteiger partial charge in [0, 0.05) is 11.1 Å². The second-order valence-electron chi connectivity index (χ2n) is 4.38. The number of hydrogen-bond donors (Lipinski definition) is 1. The van der Waals surface area contributed by atoms with Gasteiger partial charge >= 0.3 is 35.5 Å². The average molecular weight is 278 g/mol. The molecule has 0 radical (unpaired) electrons.